The van der Waals surface area contributed by atoms with Gasteiger partial charge in [0.1, 0.15) is 11.5 Å². The number of methoxy groups -OCH3 is 1. The van der Waals surface area contributed by atoms with Crippen LogP contribution in [0.4, 0.5) is 0 Å². The van der Waals surface area contributed by atoms with Gasteiger partial charge in [-0.05, 0) is 80.1 Å². The molecule has 0 fully saturated rings. The molecule has 0 saturated heterocycles. The van der Waals surface area contributed by atoms with Crippen LogP contribution in [0.25, 0.3) is 22.8 Å². The first-order valence-electron chi connectivity index (χ1n) is 11.3. The molecule has 1 heterocycles. The number of hydrogen-bond acceptors (Lipinski definition) is 7. The number of benzene rings is 3. The molecule has 0 bridgehead atoms. The molecular weight excluding hydrogens is 474 g/mol. The van der Waals surface area contributed by atoms with E-state index in [0.717, 1.165) is 33.8 Å². The van der Waals surface area contributed by atoms with Crippen LogP contribution in [-0.2, 0) is 4.79 Å². The molecule has 0 atom stereocenters. The quantitative estimate of drug-likeness (QED) is 0.225. The number of aryl methyl sites for hydroxylation is 1. The SMILES string of the molecule is C/C=C(/NNC(=O)CSc1nnc(-c2ccc(OC)cc2)n1-c1ccc(C)cc1)c1ccc(O)cc1. The van der Waals surface area contributed by atoms with Gasteiger partial charge in [0.15, 0.2) is 11.0 Å². The number of ether oxygens (including phenoxy) is 1. The molecule has 36 heavy (non-hydrogen) atoms. The number of phenols is 1. The fraction of sp³-hybridized carbons (Fsp3) is 0.148. The van der Waals surface area contributed by atoms with E-state index in [1.807, 2.05) is 73.0 Å². The molecule has 0 spiro atoms. The van der Waals surface area contributed by atoms with E-state index >= 15 is 0 Å². The second-order valence-corrected chi connectivity index (χ2v) is 8.86. The molecule has 8 nitrogen and oxygen atoms in total. The van der Waals surface area contributed by atoms with Crippen LogP contribution < -0.4 is 15.6 Å². The number of allylic oxidation sites excluding steroid dienone is 1. The normalized spacial score (nSPS) is 11.2. The maximum absolute atomic E-state index is 12.6. The maximum Gasteiger partial charge on any atom is 0.248 e. The zero-order valence-corrected chi connectivity index (χ0v) is 21.0. The Balaban J connectivity index is 1.50. The average molecular weight is 502 g/mol. The van der Waals surface area contributed by atoms with Crippen LogP contribution in [0.2, 0.25) is 0 Å². The number of carbonyl (C=O) groups excluding carboxylic acids is 1. The highest BCUT2D eigenvalue weighted by Crippen LogP contribution is 2.29. The summed E-state index contributed by atoms with van der Waals surface area (Å²) >= 11 is 1.29. The molecule has 184 valence electrons. The number of carbonyl (C=O) groups is 1. The van der Waals surface area contributed by atoms with Crippen LogP contribution in [0.3, 0.4) is 0 Å². The average Bonchev–Trinajstić information content (AvgIpc) is 3.33. The Morgan fingerprint density at radius 3 is 2.33 bits per heavy atom. The standard InChI is InChI=1S/C27H27N5O3S/c1-4-24(19-7-13-22(33)14-8-19)28-29-25(34)17-36-27-31-30-26(20-9-15-23(35-3)16-10-20)32(27)21-11-5-18(2)6-12-21/h4-16,28,33H,17H2,1-3H3,(H,29,34)/b24-4+. The fourth-order valence-corrected chi connectivity index (χ4v) is 4.22. The number of aromatic nitrogens is 3. The van der Waals surface area contributed by atoms with Gasteiger partial charge in [0.2, 0.25) is 5.91 Å². The van der Waals surface area contributed by atoms with Crippen molar-refractivity contribution in [3.05, 3.63) is 90.0 Å². The van der Waals surface area contributed by atoms with E-state index in [4.69, 9.17) is 4.74 Å². The minimum atomic E-state index is -0.220. The summed E-state index contributed by atoms with van der Waals surface area (Å²) in [5.74, 6) is 1.52. The van der Waals surface area contributed by atoms with E-state index in [0.29, 0.717) is 11.0 Å². The Morgan fingerprint density at radius 1 is 1.00 bits per heavy atom. The van der Waals surface area contributed by atoms with Gasteiger partial charge in [0, 0.05) is 11.3 Å². The molecule has 9 heteroatoms. The van der Waals surface area contributed by atoms with Gasteiger partial charge < -0.3 is 9.84 Å². The Kier molecular flexibility index (Phi) is 7.92. The van der Waals surface area contributed by atoms with Crippen LogP contribution in [0.5, 0.6) is 11.5 Å². The lowest BCUT2D eigenvalue weighted by atomic mass is 10.1. The molecule has 3 aromatic carbocycles. The Bertz CT molecular complexity index is 1350. The third-order valence-electron chi connectivity index (χ3n) is 5.41. The van der Waals surface area contributed by atoms with Gasteiger partial charge in [-0.3, -0.25) is 20.2 Å². The van der Waals surface area contributed by atoms with Crippen LogP contribution in [0, 0.1) is 6.92 Å². The fourth-order valence-electron chi connectivity index (χ4n) is 3.47. The van der Waals surface area contributed by atoms with Crippen molar-refractivity contribution in [2.75, 3.05) is 12.9 Å². The summed E-state index contributed by atoms with van der Waals surface area (Å²) in [5, 5.41) is 18.9. The lowest BCUT2D eigenvalue weighted by Crippen LogP contribution is -2.37. The highest BCUT2D eigenvalue weighted by Gasteiger charge is 2.17. The van der Waals surface area contributed by atoms with Crippen molar-refractivity contribution in [2.24, 2.45) is 0 Å². The number of nitrogens with one attached hydrogen (secondary N) is 2. The van der Waals surface area contributed by atoms with E-state index in [1.54, 1.807) is 31.4 Å². The number of rotatable bonds is 9. The Labute approximate surface area is 214 Å². The molecule has 0 aliphatic rings. The maximum atomic E-state index is 12.6. The molecule has 0 aliphatic carbocycles. The molecule has 1 aromatic heterocycles. The number of phenolic OH excluding ortho intramolecular Hbond substituents is 1. The third-order valence-corrected chi connectivity index (χ3v) is 6.34. The van der Waals surface area contributed by atoms with Crippen molar-refractivity contribution >= 4 is 23.4 Å². The van der Waals surface area contributed by atoms with Gasteiger partial charge in [-0.15, -0.1) is 10.2 Å². The zero-order chi connectivity index (χ0) is 25.5. The molecule has 4 aromatic rings. The number of hydrazine groups is 1. The van der Waals surface area contributed by atoms with Crippen molar-refractivity contribution < 1.29 is 14.6 Å². The van der Waals surface area contributed by atoms with E-state index in [9.17, 15) is 9.90 Å². The summed E-state index contributed by atoms with van der Waals surface area (Å²) in [7, 11) is 1.63. The molecule has 0 aliphatic heterocycles. The molecule has 1 amide bonds. The summed E-state index contributed by atoms with van der Waals surface area (Å²) in [6.07, 6.45) is 1.84. The van der Waals surface area contributed by atoms with Gasteiger partial charge in [0.05, 0.1) is 18.6 Å². The second-order valence-electron chi connectivity index (χ2n) is 7.92. The van der Waals surface area contributed by atoms with Gasteiger partial charge in [-0.25, -0.2) is 0 Å². The first-order chi connectivity index (χ1) is 17.5. The number of hydrogen-bond donors (Lipinski definition) is 3. The van der Waals surface area contributed by atoms with Crippen molar-refractivity contribution in [1.29, 1.82) is 0 Å². The van der Waals surface area contributed by atoms with Crippen LogP contribution in [0.15, 0.2) is 84.0 Å². The lowest BCUT2D eigenvalue weighted by Gasteiger charge is -2.13. The topological polar surface area (TPSA) is 101 Å². The van der Waals surface area contributed by atoms with E-state index in [-0.39, 0.29) is 17.4 Å². The largest absolute Gasteiger partial charge is 0.508 e. The predicted molar refractivity (Wildman–Crippen MR) is 142 cm³/mol. The van der Waals surface area contributed by atoms with Crippen molar-refractivity contribution in [1.82, 2.24) is 25.6 Å². The van der Waals surface area contributed by atoms with Gasteiger partial charge in [0.25, 0.3) is 0 Å². The monoisotopic (exact) mass is 501 g/mol. The minimum absolute atomic E-state index is 0.131. The molecule has 3 N–H and O–H groups in total. The van der Waals surface area contributed by atoms with Gasteiger partial charge >= 0.3 is 0 Å². The summed E-state index contributed by atoms with van der Waals surface area (Å²) in [6, 6.07) is 22.4. The Morgan fingerprint density at radius 2 is 1.69 bits per heavy atom. The summed E-state index contributed by atoms with van der Waals surface area (Å²) in [6.45, 7) is 3.89. The van der Waals surface area contributed by atoms with Gasteiger partial charge in [-0.1, -0.05) is 35.5 Å². The second kappa shape index (κ2) is 11.5. The van der Waals surface area contributed by atoms with Crippen LogP contribution in [0.1, 0.15) is 18.1 Å². The minimum Gasteiger partial charge on any atom is -0.508 e. The molecule has 0 radical (unpaired) electrons. The molecule has 0 saturated carbocycles. The van der Waals surface area contributed by atoms with E-state index < -0.39 is 0 Å². The van der Waals surface area contributed by atoms with E-state index in [1.165, 1.54) is 11.8 Å². The number of thioether (sulfide) groups is 1. The highest BCUT2D eigenvalue weighted by molar-refractivity contribution is 7.99. The van der Waals surface area contributed by atoms with Crippen LogP contribution in [-0.4, -0.2) is 38.6 Å². The predicted octanol–water partition coefficient (Wildman–Crippen LogP) is 4.73. The number of aromatic hydroxyl groups is 1. The Hall–Kier alpha value is -4.24. The zero-order valence-electron chi connectivity index (χ0n) is 20.2. The number of amides is 1. The van der Waals surface area contributed by atoms with Crippen LogP contribution >= 0.6 is 11.8 Å². The summed E-state index contributed by atoms with van der Waals surface area (Å²) in [4.78, 5) is 12.6. The third kappa shape index (κ3) is 5.87. The smallest absolute Gasteiger partial charge is 0.248 e. The first kappa shape index (κ1) is 24.9. The van der Waals surface area contributed by atoms with E-state index in [2.05, 4.69) is 21.0 Å². The molecule has 4 rings (SSSR count). The van der Waals surface area contributed by atoms with Crippen molar-refractivity contribution in [2.45, 2.75) is 19.0 Å². The lowest BCUT2D eigenvalue weighted by molar-refractivity contribution is -0.119. The van der Waals surface area contributed by atoms with Crippen molar-refractivity contribution in [3.63, 3.8) is 0 Å². The first-order valence-corrected chi connectivity index (χ1v) is 12.3. The summed E-state index contributed by atoms with van der Waals surface area (Å²) in [5.41, 5.74) is 10.2. The summed E-state index contributed by atoms with van der Waals surface area (Å²) < 4.78 is 7.22. The van der Waals surface area contributed by atoms with Gasteiger partial charge in [-0.2, -0.15) is 0 Å². The highest BCUT2D eigenvalue weighted by atomic mass is 32.2. The molecule has 0 unspecified atom stereocenters. The molecular formula is C27H27N5O3S. The van der Waals surface area contributed by atoms with Crippen molar-refractivity contribution in [3.8, 4) is 28.6 Å². The number of nitrogens with zero attached hydrogens (tertiary/aromatic N) is 3.